The van der Waals surface area contributed by atoms with E-state index in [1.165, 1.54) is 16.3 Å². The zero-order valence-electron chi connectivity index (χ0n) is 10.9. The first-order valence-electron chi connectivity index (χ1n) is 6.03. The molecule has 0 aliphatic rings. The van der Waals surface area contributed by atoms with Gasteiger partial charge < -0.3 is 10.0 Å². The Labute approximate surface area is 119 Å². The van der Waals surface area contributed by atoms with Crippen LogP contribution in [0.3, 0.4) is 0 Å². The van der Waals surface area contributed by atoms with E-state index >= 15 is 0 Å². The Bertz CT molecular complexity index is 557. The van der Waals surface area contributed by atoms with Crippen LogP contribution < -0.4 is 0 Å². The summed E-state index contributed by atoms with van der Waals surface area (Å²) in [5.74, 6) is -0.750. The molecule has 3 nitrogen and oxygen atoms in total. The summed E-state index contributed by atoms with van der Waals surface area (Å²) >= 11 is 0. The fourth-order valence-electron chi connectivity index (χ4n) is 2.01. The molecule has 0 spiro atoms. The van der Waals surface area contributed by atoms with Crippen molar-refractivity contribution in [2.45, 2.75) is 13.0 Å². The normalized spacial score (nSPS) is 10.4. The van der Waals surface area contributed by atoms with Crippen molar-refractivity contribution in [1.29, 1.82) is 0 Å². The Kier molecular flexibility index (Phi) is 5.80. The highest BCUT2D eigenvalue weighted by Gasteiger charge is 2.04. The standard InChI is InChI=1S/C15H17NO2.ClH/c1-16(9-8-15(17)18)11-12-6-7-13-4-2-3-5-14(13)10-12;/h2-7,10H,8-9,11H2,1H3,(H,17,18);1H. The molecule has 0 unspecified atom stereocenters. The summed E-state index contributed by atoms with van der Waals surface area (Å²) in [5.41, 5.74) is 1.21. The molecule has 4 heteroatoms. The number of nitrogens with zero attached hydrogens (tertiary/aromatic N) is 1. The first-order valence-corrected chi connectivity index (χ1v) is 6.03. The molecule has 19 heavy (non-hydrogen) atoms. The third-order valence-corrected chi connectivity index (χ3v) is 2.97. The van der Waals surface area contributed by atoms with Crippen LogP contribution in [0.1, 0.15) is 12.0 Å². The van der Waals surface area contributed by atoms with Crippen LogP contribution >= 0.6 is 12.4 Å². The lowest BCUT2D eigenvalue weighted by atomic mass is 10.1. The van der Waals surface area contributed by atoms with Gasteiger partial charge in [0.2, 0.25) is 0 Å². The van der Waals surface area contributed by atoms with Gasteiger partial charge in [-0.2, -0.15) is 0 Å². The van der Waals surface area contributed by atoms with Gasteiger partial charge in [-0.1, -0.05) is 36.4 Å². The molecule has 0 radical (unpaired) electrons. The molecule has 2 aromatic carbocycles. The molecule has 0 saturated heterocycles. The minimum absolute atomic E-state index is 0. The second kappa shape index (κ2) is 7.12. The summed E-state index contributed by atoms with van der Waals surface area (Å²) in [4.78, 5) is 12.5. The van der Waals surface area contributed by atoms with Gasteiger partial charge in [0.05, 0.1) is 6.42 Å². The maximum Gasteiger partial charge on any atom is 0.304 e. The van der Waals surface area contributed by atoms with Gasteiger partial charge in [-0.15, -0.1) is 12.4 Å². The fourth-order valence-corrected chi connectivity index (χ4v) is 2.01. The number of hydrogen-bond acceptors (Lipinski definition) is 2. The lowest BCUT2D eigenvalue weighted by molar-refractivity contribution is -0.137. The van der Waals surface area contributed by atoms with Gasteiger partial charge in [-0.05, 0) is 29.4 Å². The highest BCUT2D eigenvalue weighted by atomic mass is 35.5. The maximum atomic E-state index is 10.5. The lowest BCUT2D eigenvalue weighted by Gasteiger charge is -2.15. The first kappa shape index (κ1) is 15.5. The average molecular weight is 280 g/mol. The highest BCUT2D eigenvalue weighted by molar-refractivity contribution is 5.85. The van der Waals surface area contributed by atoms with E-state index in [0.29, 0.717) is 6.54 Å². The molecule has 0 heterocycles. The number of fused-ring (bicyclic) bond motifs is 1. The molecule has 0 bridgehead atoms. The molecule has 102 valence electrons. The van der Waals surface area contributed by atoms with Gasteiger partial charge in [-0.25, -0.2) is 0 Å². The Morgan fingerprint density at radius 3 is 2.53 bits per heavy atom. The smallest absolute Gasteiger partial charge is 0.304 e. The van der Waals surface area contributed by atoms with E-state index in [-0.39, 0.29) is 18.8 Å². The van der Waals surface area contributed by atoms with Crippen LogP contribution in [0.2, 0.25) is 0 Å². The molecular formula is C15H18ClNO2. The molecule has 0 amide bonds. The topological polar surface area (TPSA) is 40.5 Å². The van der Waals surface area contributed by atoms with Crippen LogP contribution in [0.15, 0.2) is 42.5 Å². The Morgan fingerprint density at radius 2 is 1.84 bits per heavy atom. The second-order valence-corrected chi connectivity index (χ2v) is 4.56. The predicted molar refractivity (Wildman–Crippen MR) is 79.8 cm³/mol. The van der Waals surface area contributed by atoms with Gasteiger partial charge in [-0.3, -0.25) is 4.79 Å². The van der Waals surface area contributed by atoms with Crippen LogP contribution in [0.4, 0.5) is 0 Å². The van der Waals surface area contributed by atoms with Gasteiger partial charge >= 0.3 is 5.97 Å². The third kappa shape index (κ3) is 4.54. The van der Waals surface area contributed by atoms with E-state index in [1.54, 1.807) is 0 Å². The van der Waals surface area contributed by atoms with Crippen LogP contribution in [0, 0.1) is 0 Å². The van der Waals surface area contributed by atoms with Crippen LogP contribution in [0.5, 0.6) is 0 Å². The zero-order valence-corrected chi connectivity index (χ0v) is 11.7. The predicted octanol–water partition coefficient (Wildman–Crippen LogP) is 3.17. The summed E-state index contributed by atoms with van der Waals surface area (Å²) in [5, 5.41) is 11.1. The summed E-state index contributed by atoms with van der Waals surface area (Å²) in [6.45, 7) is 1.35. The molecule has 2 rings (SSSR count). The van der Waals surface area contributed by atoms with E-state index in [4.69, 9.17) is 5.11 Å². The lowest BCUT2D eigenvalue weighted by Crippen LogP contribution is -2.21. The van der Waals surface area contributed by atoms with Crippen LogP contribution in [-0.4, -0.2) is 29.6 Å². The number of hydrogen-bond donors (Lipinski definition) is 1. The minimum atomic E-state index is -0.750. The zero-order chi connectivity index (χ0) is 13.0. The largest absolute Gasteiger partial charge is 0.481 e. The Morgan fingerprint density at radius 1 is 1.16 bits per heavy atom. The number of halogens is 1. The number of aliphatic carboxylic acids is 1. The van der Waals surface area contributed by atoms with E-state index in [1.807, 2.05) is 24.1 Å². The summed E-state index contributed by atoms with van der Waals surface area (Å²) in [7, 11) is 1.94. The van der Waals surface area contributed by atoms with E-state index in [0.717, 1.165) is 6.54 Å². The second-order valence-electron chi connectivity index (χ2n) is 4.56. The van der Waals surface area contributed by atoms with Gasteiger partial charge in [0.1, 0.15) is 0 Å². The SMILES string of the molecule is CN(CCC(=O)O)Cc1ccc2ccccc2c1.Cl. The summed E-state index contributed by atoms with van der Waals surface area (Å²) in [6.07, 6.45) is 0.185. The van der Waals surface area contributed by atoms with Gasteiger partial charge in [0.25, 0.3) is 0 Å². The maximum absolute atomic E-state index is 10.5. The van der Waals surface area contributed by atoms with Crippen molar-refractivity contribution in [3.63, 3.8) is 0 Å². The molecule has 2 aromatic rings. The monoisotopic (exact) mass is 279 g/mol. The van der Waals surface area contributed by atoms with Gasteiger partial charge in [0.15, 0.2) is 0 Å². The van der Waals surface area contributed by atoms with E-state index in [2.05, 4.69) is 30.3 Å². The number of benzene rings is 2. The van der Waals surface area contributed by atoms with Crippen molar-refractivity contribution in [3.05, 3.63) is 48.0 Å². The molecule has 0 aliphatic heterocycles. The van der Waals surface area contributed by atoms with Crippen molar-refractivity contribution >= 4 is 29.1 Å². The molecule has 0 fully saturated rings. The first-order chi connectivity index (χ1) is 8.65. The fraction of sp³-hybridized carbons (Fsp3) is 0.267. The number of carboxylic acids is 1. The Hall–Kier alpha value is -1.58. The van der Waals surface area contributed by atoms with Gasteiger partial charge in [0, 0.05) is 13.1 Å². The highest BCUT2D eigenvalue weighted by Crippen LogP contribution is 2.16. The van der Waals surface area contributed by atoms with E-state index in [9.17, 15) is 4.79 Å². The van der Waals surface area contributed by atoms with Crippen molar-refractivity contribution in [3.8, 4) is 0 Å². The molecule has 1 N–H and O–H groups in total. The van der Waals surface area contributed by atoms with Crippen molar-refractivity contribution in [2.75, 3.05) is 13.6 Å². The van der Waals surface area contributed by atoms with Crippen LogP contribution in [-0.2, 0) is 11.3 Å². The van der Waals surface area contributed by atoms with E-state index < -0.39 is 5.97 Å². The summed E-state index contributed by atoms with van der Waals surface area (Å²) in [6, 6.07) is 14.6. The molecule has 0 aromatic heterocycles. The quantitative estimate of drug-likeness (QED) is 0.914. The molecular weight excluding hydrogens is 262 g/mol. The molecule has 0 saturated carbocycles. The number of carboxylic acid groups (broad SMARTS) is 1. The van der Waals surface area contributed by atoms with Crippen molar-refractivity contribution in [1.82, 2.24) is 4.90 Å². The van der Waals surface area contributed by atoms with Crippen LogP contribution in [0.25, 0.3) is 10.8 Å². The van der Waals surface area contributed by atoms with Crippen molar-refractivity contribution in [2.24, 2.45) is 0 Å². The minimum Gasteiger partial charge on any atom is -0.481 e. The van der Waals surface area contributed by atoms with Crippen molar-refractivity contribution < 1.29 is 9.90 Å². The third-order valence-electron chi connectivity index (χ3n) is 2.97. The summed E-state index contributed by atoms with van der Waals surface area (Å²) < 4.78 is 0. The molecule has 0 aliphatic carbocycles. The molecule has 0 atom stereocenters. The number of carbonyl (C=O) groups is 1. The number of rotatable bonds is 5. The Balaban J connectivity index is 0.00000180. The average Bonchev–Trinajstić information content (AvgIpc) is 2.36.